The van der Waals surface area contributed by atoms with Crippen molar-refractivity contribution in [2.45, 2.75) is 10.9 Å². The molecule has 0 saturated heterocycles. The highest BCUT2D eigenvalue weighted by Gasteiger charge is 2.26. The molecule has 0 aliphatic carbocycles. The first-order chi connectivity index (χ1) is 8.42. The molecule has 0 aliphatic heterocycles. The fourth-order valence-electron chi connectivity index (χ4n) is 1.11. The summed E-state index contributed by atoms with van der Waals surface area (Å²) in [5, 5.41) is 26.1. The van der Waals surface area contributed by atoms with Gasteiger partial charge in [0.05, 0.1) is 6.61 Å². The van der Waals surface area contributed by atoms with Gasteiger partial charge in [0.25, 0.3) is 0 Å². The van der Waals surface area contributed by atoms with E-state index >= 15 is 0 Å². The molecule has 9 heteroatoms. The molecule has 96 valence electrons. The van der Waals surface area contributed by atoms with E-state index in [0.717, 1.165) is 6.07 Å². The molecule has 0 saturated carbocycles. The Bertz CT molecular complexity index is 592. The van der Waals surface area contributed by atoms with Gasteiger partial charge < -0.3 is 10.2 Å². The van der Waals surface area contributed by atoms with Crippen LogP contribution >= 0.6 is 0 Å². The zero-order valence-corrected chi connectivity index (χ0v) is 9.75. The predicted octanol–water partition coefficient (Wildman–Crippen LogP) is -1.32. The van der Waals surface area contributed by atoms with Gasteiger partial charge in [0.1, 0.15) is 17.0 Å². The molecule has 0 aliphatic rings. The summed E-state index contributed by atoms with van der Waals surface area (Å²) in [5.74, 6) is -1.52. The Balaban J connectivity index is 3.15. The summed E-state index contributed by atoms with van der Waals surface area (Å²) in [7, 11) is -4.24. The minimum Gasteiger partial charge on any atom is -0.480 e. The number of aliphatic hydroxyl groups is 1. The van der Waals surface area contributed by atoms with Crippen molar-refractivity contribution in [3.8, 4) is 6.07 Å². The Kier molecular flexibility index (Phi) is 4.33. The van der Waals surface area contributed by atoms with Gasteiger partial charge in [-0.2, -0.15) is 9.98 Å². The highest BCUT2D eigenvalue weighted by molar-refractivity contribution is 7.89. The first-order valence-electron chi connectivity index (χ1n) is 4.63. The third-order valence-electron chi connectivity index (χ3n) is 1.94. The average Bonchev–Trinajstić information content (AvgIpc) is 2.35. The Morgan fingerprint density at radius 2 is 2.28 bits per heavy atom. The van der Waals surface area contributed by atoms with Gasteiger partial charge >= 0.3 is 5.97 Å². The van der Waals surface area contributed by atoms with Crippen LogP contribution in [0.5, 0.6) is 0 Å². The van der Waals surface area contributed by atoms with E-state index < -0.39 is 33.5 Å². The number of aliphatic carboxylic acids is 1. The molecule has 1 rings (SSSR count). The normalized spacial score (nSPS) is 12.7. The minimum absolute atomic E-state index is 0.355. The molecule has 0 fully saturated rings. The average molecular weight is 271 g/mol. The van der Waals surface area contributed by atoms with Crippen molar-refractivity contribution in [1.29, 1.82) is 5.26 Å². The van der Waals surface area contributed by atoms with Gasteiger partial charge in [0.15, 0.2) is 5.69 Å². The molecule has 1 aromatic heterocycles. The number of aliphatic hydroxyl groups excluding tert-OH is 1. The number of aromatic nitrogens is 1. The fraction of sp³-hybridized carbons (Fsp3) is 0.222. The molecule has 3 N–H and O–H groups in total. The summed E-state index contributed by atoms with van der Waals surface area (Å²) in [6.07, 6.45) is 1.23. The number of rotatable bonds is 5. The van der Waals surface area contributed by atoms with Gasteiger partial charge in [-0.3, -0.25) is 4.79 Å². The first kappa shape index (κ1) is 14.0. The maximum absolute atomic E-state index is 11.8. The summed E-state index contributed by atoms with van der Waals surface area (Å²) in [6, 6.07) is 2.31. The standard InChI is InChI=1S/C9H9N3O5S/c10-4-6-8(2-1-3-11-6)18(16,17)12-7(5-13)9(14)15/h1-3,7,12-13H,5H2,(H,14,15). The lowest BCUT2D eigenvalue weighted by Crippen LogP contribution is -2.43. The molecule has 8 nitrogen and oxygen atoms in total. The third kappa shape index (κ3) is 3.01. The number of carboxylic acids is 1. The molecule has 0 bridgehead atoms. The van der Waals surface area contributed by atoms with Crippen LogP contribution in [0.15, 0.2) is 23.2 Å². The molecule has 18 heavy (non-hydrogen) atoms. The van der Waals surface area contributed by atoms with Crippen molar-refractivity contribution < 1.29 is 23.4 Å². The highest BCUT2D eigenvalue weighted by atomic mass is 32.2. The second kappa shape index (κ2) is 5.54. The van der Waals surface area contributed by atoms with Crippen molar-refractivity contribution in [2.75, 3.05) is 6.61 Å². The van der Waals surface area contributed by atoms with E-state index in [4.69, 9.17) is 15.5 Å². The van der Waals surface area contributed by atoms with Gasteiger partial charge in [-0.15, -0.1) is 0 Å². The van der Waals surface area contributed by atoms with Crippen molar-refractivity contribution in [3.05, 3.63) is 24.0 Å². The number of pyridine rings is 1. The van der Waals surface area contributed by atoms with Crippen LogP contribution in [0.3, 0.4) is 0 Å². The molecule has 0 amide bonds. The van der Waals surface area contributed by atoms with Gasteiger partial charge in [0.2, 0.25) is 10.0 Å². The number of nitriles is 1. The van der Waals surface area contributed by atoms with Crippen molar-refractivity contribution in [1.82, 2.24) is 9.71 Å². The molecular formula is C9H9N3O5S. The smallest absolute Gasteiger partial charge is 0.324 e. The molecule has 0 aromatic carbocycles. The SMILES string of the molecule is N#Cc1ncccc1S(=O)(=O)NC(CO)C(=O)O. The van der Waals surface area contributed by atoms with Crippen molar-refractivity contribution >= 4 is 16.0 Å². The van der Waals surface area contributed by atoms with E-state index in [1.165, 1.54) is 12.3 Å². The van der Waals surface area contributed by atoms with Crippen LogP contribution in [0.25, 0.3) is 0 Å². The van der Waals surface area contributed by atoms with E-state index in [9.17, 15) is 13.2 Å². The number of nitrogens with one attached hydrogen (secondary N) is 1. The maximum atomic E-state index is 11.8. The quantitative estimate of drug-likeness (QED) is 0.603. The van der Waals surface area contributed by atoms with Crippen LogP contribution < -0.4 is 4.72 Å². The lowest BCUT2D eigenvalue weighted by Gasteiger charge is -2.12. The van der Waals surface area contributed by atoms with Crippen LogP contribution in [0.4, 0.5) is 0 Å². The summed E-state index contributed by atoms with van der Waals surface area (Å²) in [6.45, 7) is -0.906. The number of hydrogen-bond acceptors (Lipinski definition) is 6. The molecule has 1 atom stereocenters. The van der Waals surface area contributed by atoms with Crippen LogP contribution in [0, 0.1) is 11.3 Å². The monoisotopic (exact) mass is 271 g/mol. The zero-order chi connectivity index (χ0) is 13.8. The minimum atomic E-state index is -4.24. The molecule has 1 aromatic rings. The van der Waals surface area contributed by atoms with Crippen LogP contribution in [-0.2, 0) is 14.8 Å². The van der Waals surface area contributed by atoms with E-state index in [0.29, 0.717) is 0 Å². The first-order valence-corrected chi connectivity index (χ1v) is 6.12. The second-order valence-corrected chi connectivity index (χ2v) is 4.84. The number of carbonyl (C=O) groups is 1. The van der Waals surface area contributed by atoms with Crippen LogP contribution in [-0.4, -0.2) is 42.2 Å². The lowest BCUT2D eigenvalue weighted by molar-refractivity contribution is -0.139. The second-order valence-electron chi connectivity index (χ2n) is 3.16. The lowest BCUT2D eigenvalue weighted by atomic mass is 10.3. The van der Waals surface area contributed by atoms with Crippen molar-refractivity contribution in [2.24, 2.45) is 0 Å². The van der Waals surface area contributed by atoms with E-state index in [-0.39, 0.29) is 5.69 Å². The van der Waals surface area contributed by atoms with E-state index in [2.05, 4.69) is 4.98 Å². The Morgan fingerprint density at radius 3 is 2.78 bits per heavy atom. The van der Waals surface area contributed by atoms with Gasteiger partial charge in [-0.25, -0.2) is 13.4 Å². The van der Waals surface area contributed by atoms with Gasteiger partial charge in [-0.05, 0) is 12.1 Å². The van der Waals surface area contributed by atoms with E-state index in [1.54, 1.807) is 10.8 Å². The zero-order valence-electron chi connectivity index (χ0n) is 8.94. The Morgan fingerprint density at radius 1 is 1.61 bits per heavy atom. The number of nitrogens with zero attached hydrogens (tertiary/aromatic N) is 2. The van der Waals surface area contributed by atoms with Crippen molar-refractivity contribution in [3.63, 3.8) is 0 Å². The molecule has 0 radical (unpaired) electrons. The van der Waals surface area contributed by atoms with Crippen LogP contribution in [0.1, 0.15) is 5.69 Å². The number of sulfonamides is 1. The van der Waals surface area contributed by atoms with Crippen LogP contribution in [0.2, 0.25) is 0 Å². The highest BCUT2D eigenvalue weighted by Crippen LogP contribution is 2.12. The Hall–Kier alpha value is -2.02. The van der Waals surface area contributed by atoms with Gasteiger partial charge in [-0.1, -0.05) is 0 Å². The summed E-state index contributed by atoms with van der Waals surface area (Å²) in [5.41, 5.74) is -0.355. The fourth-order valence-corrected chi connectivity index (χ4v) is 2.40. The topological polar surface area (TPSA) is 140 Å². The molecule has 1 heterocycles. The summed E-state index contributed by atoms with van der Waals surface area (Å²) in [4.78, 5) is 13.7. The maximum Gasteiger partial charge on any atom is 0.324 e. The third-order valence-corrected chi connectivity index (χ3v) is 3.45. The predicted molar refractivity (Wildman–Crippen MR) is 57.8 cm³/mol. The molecule has 1 unspecified atom stereocenters. The van der Waals surface area contributed by atoms with Gasteiger partial charge in [0, 0.05) is 6.20 Å². The van der Waals surface area contributed by atoms with E-state index in [1.807, 2.05) is 0 Å². The summed E-state index contributed by atoms with van der Waals surface area (Å²) < 4.78 is 25.4. The number of hydrogen-bond donors (Lipinski definition) is 3. The number of carboxylic acid groups (broad SMARTS) is 1. The Labute approximate surface area is 103 Å². The summed E-state index contributed by atoms with van der Waals surface area (Å²) >= 11 is 0. The molecular weight excluding hydrogens is 262 g/mol. The largest absolute Gasteiger partial charge is 0.480 e. The molecule has 0 spiro atoms.